The average Bonchev–Trinajstić information content (AvgIpc) is 3.17. The summed E-state index contributed by atoms with van der Waals surface area (Å²) in [6, 6.07) is 4.87. The molecule has 0 heterocycles. The first kappa shape index (κ1) is 15.1. The number of halogens is 3. The van der Waals surface area contributed by atoms with Gasteiger partial charge in [0.1, 0.15) is 5.54 Å². The number of alkyl halides is 3. The number of rotatable bonds is 4. The van der Waals surface area contributed by atoms with Gasteiger partial charge in [0, 0.05) is 6.54 Å². The standard InChI is InChI=1S/C13H13F3N2O3/c14-13(15,16)12(4-5-12)18-11(21)17-7-8-2-1-3-9(6-8)10(19)20/h1-3,6H,4-5,7H2,(H,19,20)(H2,17,18,21). The second-order valence-corrected chi connectivity index (χ2v) is 4.89. The zero-order chi connectivity index (χ0) is 15.7. The number of hydrogen-bond acceptors (Lipinski definition) is 2. The third-order valence-corrected chi connectivity index (χ3v) is 3.27. The maximum absolute atomic E-state index is 12.7. The zero-order valence-electron chi connectivity index (χ0n) is 10.8. The first-order valence-electron chi connectivity index (χ1n) is 6.18. The molecule has 2 amide bonds. The van der Waals surface area contributed by atoms with Crippen molar-refractivity contribution >= 4 is 12.0 Å². The molecule has 0 atom stereocenters. The van der Waals surface area contributed by atoms with E-state index in [2.05, 4.69) is 5.32 Å². The second kappa shape index (κ2) is 5.27. The molecule has 0 radical (unpaired) electrons. The lowest BCUT2D eigenvalue weighted by atomic mass is 10.1. The minimum Gasteiger partial charge on any atom is -0.478 e. The fourth-order valence-corrected chi connectivity index (χ4v) is 1.86. The molecule has 5 nitrogen and oxygen atoms in total. The number of nitrogens with one attached hydrogen (secondary N) is 2. The number of urea groups is 1. The van der Waals surface area contributed by atoms with E-state index in [0.717, 1.165) is 0 Å². The Bertz CT molecular complexity index is 568. The summed E-state index contributed by atoms with van der Waals surface area (Å²) >= 11 is 0. The fourth-order valence-electron chi connectivity index (χ4n) is 1.86. The summed E-state index contributed by atoms with van der Waals surface area (Å²) in [7, 11) is 0. The van der Waals surface area contributed by atoms with Gasteiger partial charge in [-0.15, -0.1) is 0 Å². The average molecular weight is 302 g/mol. The van der Waals surface area contributed by atoms with Gasteiger partial charge in [-0.1, -0.05) is 12.1 Å². The molecule has 114 valence electrons. The summed E-state index contributed by atoms with van der Waals surface area (Å²) < 4.78 is 38.0. The van der Waals surface area contributed by atoms with Gasteiger partial charge in [-0.25, -0.2) is 9.59 Å². The van der Waals surface area contributed by atoms with Crippen molar-refractivity contribution in [3.05, 3.63) is 35.4 Å². The Labute approximate surface area is 118 Å². The van der Waals surface area contributed by atoms with Crippen molar-refractivity contribution in [3.63, 3.8) is 0 Å². The van der Waals surface area contributed by atoms with Gasteiger partial charge < -0.3 is 15.7 Å². The second-order valence-electron chi connectivity index (χ2n) is 4.89. The SMILES string of the molecule is O=C(NCc1cccc(C(=O)O)c1)NC1(C(F)(F)F)CC1. The minimum atomic E-state index is -4.46. The number of hydrogen-bond donors (Lipinski definition) is 3. The Morgan fingerprint density at radius 1 is 1.29 bits per heavy atom. The van der Waals surface area contributed by atoms with E-state index in [9.17, 15) is 22.8 Å². The summed E-state index contributed by atoms with van der Waals surface area (Å²) in [6.07, 6.45) is -4.72. The van der Waals surface area contributed by atoms with Crippen LogP contribution in [0.2, 0.25) is 0 Å². The molecule has 1 fully saturated rings. The minimum absolute atomic E-state index is 0.0451. The van der Waals surface area contributed by atoms with Crippen molar-refractivity contribution in [2.24, 2.45) is 0 Å². The molecule has 3 N–H and O–H groups in total. The number of aromatic carboxylic acids is 1. The van der Waals surface area contributed by atoms with E-state index in [-0.39, 0.29) is 24.9 Å². The van der Waals surface area contributed by atoms with Crippen LogP contribution in [0.3, 0.4) is 0 Å². The maximum Gasteiger partial charge on any atom is 0.411 e. The maximum atomic E-state index is 12.7. The highest BCUT2D eigenvalue weighted by atomic mass is 19.4. The molecule has 1 aromatic carbocycles. The predicted octanol–water partition coefficient (Wildman–Crippen LogP) is 2.28. The Morgan fingerprint density at radius 2 is 1.95 bits per heavy atom. The highest BCUT2D eigenvalue weighted by Crippen LogP contribution is 2.48. The zero-order valence-corrected chi connectivity index (χ0v) is 10.8. The lowest BCUT2D eigenvalue weighted by molar-refractivity contribution is -0.162. The quantitative estimate of drug-likeness (QED) is 0.798. The molecule has 1 aromatic rings. The number of benzene rings is 1. The Morgan fingerprint density at radius 3 is 2.48 bits per heavy atom. The third-order valence-electron chi connectivity index (χ3n) is 3.27. The van der Waals surface area contributed by atoms with Gasteiger partial charge in [-0.05, 0) is 30.5 Å². The van der Waals surface area contributed by atoms with Gasteiger partial charge in [0.15, 0.2) is 0 Å². The van der Waals surface area contributed by atoms with Gasteiger partial charge in [-0.3, -0.25) is 0 Å². The van der Waals surface area contributed by atoms with E-state index in [1.165, 1.54) is 18.2 Å². The van der Waals surface area contributed by atoms with Crippen LogP contribution in [-0.4, -0.2) is 28.8 Å². The largest absolute Gasteiger partial charge is 0.478 e. The van der Waals surface area contributed by atoms with Crippen LogP contribution in [0.25, 0.3) is 0 Å². The van der Waals surface area contributed by atoms with Crippen LogP contribution in [0.4, 0.5) is 18.0 Å². The monoisotopic (exact) mass is 302 g/mol. The van der Waals surface area contributed by atoms with E-state index >= 15 is 0 Å². The summed E-state index contributed by atoms with van der Waals surface area (Å²) in [5.74, 6) is -1.12. The van der Waals surface area contributed by atoms with Crippen molar-refractivity contribution in [1.82, 2.24) is 10.6 Å². The molecule has 0 bridgehead atoms. The lowest BCUT2D eigenvalue weighted by Gasteiger charge is -2.20. The fraction of sp³-hybridized carbons (Fsp3) is 0.385. The smallest absolute Gasteiger partial charge is 0.411 e. The summed E-state index contributed by atoms with van der Waals surface area (Å²) in [6.45, 7) is -0.0547. The van der Waals surface area contributed by atoms with Crippen LogP contribution in [0.5, 0.6) is 0 Å². The molecule has 1 saturated carbocycles. The van der Waals surface area contributed by atoms with Crippen LogP contribution >= 0.6 is 0 Å². The Balaban J connectivity index is 1.90. The summed E-state index contributed by atoms with van der Waals surface area (Å²) in [5.41, 5.74) is -1.58. The number of carbonyl (C=O) groups excluding carboxylic acids is 1. The molecule has 21 heavy (non-hydrogen) atoms. The molecule has 2 rings (SSSR count). The summed E-state index contributed by atoms with van der Waals surface area (Å²) in [5, 5.41) is 13.0. The van der Waals surface area contributed by atoms with Crippen LogP contribution in [0.15, 0.2) is 24.3 Å². The highest BCUT2D eigenvalue weighted by Gasteiger charge is 2.64. The van der Waals surface area contributed by atoms with Crippen molar-refractivity contribution in [2.75, 3.05) is 0 Å². The summed E-state index contributed by atoms with van der Waals surface area (Å²) in [4.78, 5) is 22.3. The normalized spacial score (nSPS) is 16.1. The molecule has 8 heteroatoms. The van der Waals surface area contributed by atoms with E-state index in [1.54, 1.807) is 6.07 Å². The lowest BCUT2D eigenvalue weighted by Crippen LogP contribution is -2.51. The van der Waals surface area contributed by atoms with Gasteiger partial charge in [0.25, 0.3) is 0 Å². The van der Waals surface area contributed by atoms with Gasteiger partial charge in [-0.2, -0.15) is 13.2 Å². The third kappa shape index (κ3) is 3.45. The molecule has 0 aromatic heterocycles. The van der Waals surface area contributed by atoms with E-state index in [0.29, 0.717) is 5.56 Å². The van der Waals surface area contributed by atoms with Crippen molar-refractivity contribution in [3.8, 4) is 0 Å². The molecule has 1 aliphatic carbocycles. The predicted molar refractivity (Wildman–Crippen MR) is 66.8 cm³/mol. The molecular weight excluding hydrogens is 289 g/mol. The van der Waals surface area contributed by atoms with Gasteiger partial charge in [0.2, 0.25) is 0 Å². The molecule has 1 aliphatic rings. The molecule has 0 aliphatic heterocycles. The van der Waals surface area contributed by atoms with E-state index in [1.807, 2.05) is 5.32 Å². The Kier molecular flexibility index (Phi) is 3.80. The van der Waals surface area contributed by atoms with Gasteiger partial charge in [0.05, 0.1) is 5.56 Å². The van der Waals surface area contributed by atoms with Crippen LogP contribution in [0.1, 0.15) is 28.8 Å². The van der Waals surface area contributed by atoms with Gasteiger partial charge >= 0.3 is 18.2 Å². The first-order valence-corrected chi connectivity index (χ1v) is 6.18. The van der Waals surface area contributed by atoms with Crippen LogP contribution in [-0.2, 0) is 6.54 Å². The molecule has 0 saturated heterocycles. The number of carboxylic acid groups (broad SMARTS) is 1. The number of carboxylic acids is 1. The van der Waals surface area contributed by atoms with Crippen molar-refractivity contribution in [1.29, 1.82) is 0 Å². The molecule has 0 unspecified atom stereocenters. The Hall–Kier alpha value is -2.25. The topological polar surface area (TPSA) is 78.4 Å². The number of amides is 2. The first-order chi connectivity index (χ1) is 9.73. The molecule has 0 spiro atoms. The van der Waals surface area contributed by atoms with E-state index in [4.69, 9.17) is 5.11 Å². The number of carbonyl (C=O) groups is 2. The van der Waals surface area contributed by atoms with Crippen LogP contribution in [0, 0.1) is 0 Å². The highest BCUT2D eigenvalue weighted by molar-refractivity contribution is 5.87. The van der Waals surface area contributed by atoms with E-state index < -0.39 is 23.7 Å². The van der Waals surface area contributed by atoms with Crippen molar-refractivity contribution < 1.29 is 27.9 Å². The van der Waals surface area contributed by atoms with Crippen LogP contribution < -0.4 is 10.6 Å². The molecular formula is C13H13F3N2O3. The van der Waals surface area contributed by atoms with Crippen molar-refractivity contribution in [2.45, 2.75) is 31.1 Å².